The van der Waals surface area contributed by atoms with E-state index >= 15 is 0 Å². The Morgan fingerprint density at radius 3 is 2.50 bits per heavy atom. The second-order valence-electron chi connectivity index (χ2n) is 4.71. The molecule has 16 heavy (non-hydrogen) atoms. The second-order valence-corrected chi connectivity index (χ2v) is 4.71. The molecule has 0 heterocycles. The number of rotatable bonds is 5. The topological polar surface area (TPSA) is 41.6 Å². The van der Waals surface area contributed by atoms with Crippen molar-refractivity contribution in [3.8, 4) is 0 Å². The third kappa shape index (κ3) is 4.42. The minimum absolute atomic E-state index is 0.490. The minimum atomic E-state index is 0.490. The molecular formula is C13H27N3. The van der Waals surface area contributed by atoms with Crippen molar-refractivity contribution in [1.82, 2.24) is 4.90 Å². The fourth-order valence-electron chi connectivity index (χ4n) is 2.26. The van der Waals surface area contributed by atoms with Crippen molar-refractivity contribution in [1.29, 1.82) is 0 Å². The number of nitrogens with two attached hydrogens (primary N) is 1. The van der Waals surface area contributed by atoms with E-state index in [1.165, 1.54) is 44.9 Å². The highest BCUT2D eigenvalue weighted by atomic mass is 15.2. The fourth-order valence-corrected chi connectivity index (χ4v) is 2.26. The van der Waals surface area contributed by atoms with Gasteiger partial charge in [-0.05, 0) is 26.2 Å². The maximum Gasteiger partial charge on any atom is 0.191 e. The molecule has 2 N–H and O–H groups in total. The van der Waals surface area contributed by atoms with Gasteiger partial charge in [0.05, 0.1) is 6.04 Å². The molecule has 1 aliphatic carbocycles. The van der Waals surface area contributed by atoms with E-state index in [0.717, 1.165) is 19.0 Å². The molecule has 3 nitrogen and oxygen atoms in total. The van der Waals surface area contributed by atoms with Crippen LogP contribution in [-0.4, -0.2) is 30.0 Å². The molecule has 0 unspecified atom stereocenters. The zero-order valence-electron chi connectivity index (χ0n) is 10.9. The van der Waals surface area contributed by atoms with E-state index in [1.54, 1.807) is 0 Å². The van der Waals surface area contributed by atoms with E-state index in [1.807, 2.05) is 0 Å². The van der Waals surface area contributed by atoms with Crippen LogP contribution in [0.5, 0.6) is 0 Å². The van der Waals surface area contributed by atoms with E-state index in [4.69, 9.17) is 5.73 Å². The molecule has 0 aromatic carbocycles. The summed E-state index contributed by atoms with van der Waals surface area (Å²) in [6, 6.07) is 0.490. The van der Waals surface area contributed by atoms with Gasteiger partial charge in [0.2, 0.25) is 0 Å². The van der Waals surface area contributed by atoms with Crippen molar-refractivity contribution >= 4 is 5.96 Å². The predicted molar refractivity (Wildman–Crippen MR) is 70.7 cm³/mol. The largest absolute Gasteiger partial charge is 0.370 e. The van der Waals surface area contributed by atoms with Crippen molar-refractivity contribution < 1.29 is 0 Å². The fraction of sp³-hybridized carbons (Fsp3) is 0.923. The molecule has 0 bridgehead atoms. The lowest BCUT2D eigenvalue weighted by atomic mass is 9.96. The van der Waals surface area contributed by atoms with Crippen LogP contribution in [0.4, 0.5) is 0 Å². The first-order valence-corrected chi connectivity index (χ1v) is 6.86. The Morgan fingerprint density at radius 1 is 1.25 bits per heavy atom. The van der Waals surface area contributed by atoms with Crippen LogP contribution in [0, 0.1) is 0 Å². The molecule has 0 aliphatic heterocycles. The smallest absolute Gasteiger partial charge is 0.191 e. The van der Waals surface area contributed by atoms with E-state index in [2.05, 4.69) is 23.7 Å². The van der Waals surface area contributed by atoms with E-state index < -0.39 is 0 Å². The molecule has 0 radical (unpaired) electrons. The Bertz CT molecular complexity index is 207. The first-order chi connectivity index (χ1) is 7.77. The van der Waals surface area contributed by atoms with E-state index in [0.29, 0.717) is 6.04 Å². The summed E-state index contributed by atoms with van der Waals surface area (Å²) in [5.41, 5.74) is 6.08. The normalized spacial score (nSPS) is 18.8. The lowest BCUT2D eigenvalue weighted by Gasteiger charge is -2.24. The van der Waals surface area contributed by atoms with E-state index in [9.17, 15) is 0 Å². The highest BCUT2D eigenvalue weighted by molar-refractivity contribution is 5.78. The average molecular weight is 225 g/mol. The third-order valence-electron chi connectivity index (χ3n) is 3.38. The lowest BCUT2D eigenvalue weighted by molar-refractivity contribution is 0.403. The molecule has 1 fully saturated rings. The Balaban J connectivity index is 2.44. The van der Waals surface area contributed by atoms with Crippen LogP contribution < -0.4 is 5.73 Å². The number of unbranched alkanes of at least 4 members (excludes halogenated alkanes) is 1. The minimum Gasteiger partial charge on any atom is -0.370 e. The Hall–Kier alpha value is -0.730. The van der Waals surface area contributed by atoms with Crippen LogP contribution in [-0.2, 0) is 0 Å². The quantitative estimate of drug-likeness (QED) is 0.577. The molecule has 3 heteroatoms. The summed E-state index contributed by atoms with van der Waals surface area (Å²) in [4.78, 5) is 6.89. The molecule has 94 valence electrons. The molecule has 1 aliphatic rings. The molecule has 0 saturated heterocycles. The van der Waals surface area contributed by atoms with Gasteiger partial charge >= 0.3 is 0 Å². The van der Waals surface area contributed by atoms with Gasteiger partial charge in [-0.3, -0.25) is 0 Å². The van der Waals surface area contributed by atoms with Gasteiger partial charge in [-0.25, -0.2) is 4.99 Å². The predicted octanol–water partition coefficient (Wildman–Crippen LogP) is 2.76. The monoisotopic (exact) mass is 225 g/mol. The van der Waals surface area contributed by atoms with Crippen LogP contribution in [0.3, 0.4) is 0 Å². The van der Waals surface area contributed by atoms with Crippen molar-refractivity contribution in [2.75, 3.05) is 13.1 Å². The molecule has 0 spiro atoms. The van der Waals surface area contributed by atoms with Gasteiger partial charge in [0, 0.05) is 13.1 Å². The van der Waals surface area contributed by atoms with Crippen LogP contribution in [0.25, 0.3) is 0 Å². The first kappa shape index (κ1) is 13.3. The molecule has 1 saturated carbocycles. The first-order valence-electron chi connectivity index (χ1n) is 6.86. The summed E-state index contributed by atoms with van der Waals surface area (Å²) in [6.07, 6.45) is 8.89. The zero-order chi connectivity index (χ0) is 11.8. The Labute approximate surface area is 100 Å². The maximum absolute atomic E-state index is 6.08. The van der Waals surface area contributed by atoms with Crippen molar-refractivity contribution in [2.45, 2.75) is 64.8 Å². The summed E-state index contributed by atoms with van der Waals surface area (Å²) in [7, 11) is 0. The number of hydrogen-bond donors (Lipinski definition) is 1. The van der Waals surface area contributed by atoms with Crippen LogP contribution >= 0.6 is 0 Å². The van der Waals surface area contributed by atoms with Crippen molar-refractivity contribution in [3.05, 3.63) is 0 Å². The summed E-state index contributed by atoms with van der Waals surface area (Å²) < 4.78 is 0. The molecule has 0 aromatic heterocycles. The summed E-state index contributed by atoms with van der Waals surface area (Å²) in [5, 5.41) is 0. The summed E-state index contributed by atoms with van der Waals surface area (Å²) in [6.45, 7) is 6.39. The average Bonchev–Trinajstić information content (AvgIpc) is 2.31. The number of aliphatic imine (C=N–C) groups is 1. The Kier molecular flexibility index (Phi) is 6.27. The van der Waals surface area contributed by atoms with Gasteiger partial charge in [-0.2, -0.15) is 0 Å². The van der Waals surface area contributed by atoms with Crippen LogP contribution in [0.2, 0.25) is 0 Å². The van der Waals surface area contributed by atoms with Crippen LogP contribution in [0.1, 0.15) is 58.8 Å². The zero-order valence-corrected chi connectivity index (χ0v) is 10.9. The van der Waals surface area contributed by atoms with Crippen LogP contribution in [0.15, 0.2) is 4.99 Å². The highest BCUT2D eigenvalue weighted by Crippen LogP contribution is 2.20. The maximum atomic E-state index is 6.08. The van der Waals surface area contributed by atoms with Gasteiger partial charge in [-0.15, -0.1) is 0 Å². The van der Waals surface area contributed by atoms with Crippen molar-refractivity contribution in [3.63, 3.8) is 0 Å². The molecule has 0 amide bonds. The SMILES string of the molecule is CCCCN(CC)C(N)=NC1CCCCC1. The summed E-state index contributed by atoms with van der Waals surface area (Å²) in [5.74, 6) is 0.767. The van der Waals surface area contributed by atoms with Gasteiger partial charge in [-0.1, -0.05) is 32.6 Å². The van der Waals surface area contributed by atoms with Gasteiger partial charge < -0.3 is 10.6 Å². The molecule has 0 atom stereocenters. The van der Waals surface area contributed by atoms with Gasteiger partial charge in [0.1, 0.15) is 0 Å². The number of hydrogen-bond acceptors (Lipinski definition) is 1. The third-order valence-corrected chi connectivity index (χ3v) is 3.38. The second kappa shape index (κ2) is 7.53. The standard InChI is InChI=1S/C13H27N3/c1-3-5-11-16(4-2)13(14)15-12-9-7-6-8-10-12/h12H,3-11H2,1-2H3,(H2,14,15). The number of guanidine groups is 1. The lowest BCUT2D eigenvalue weighted by Crippen LogP contribution is -2.39. The molecule has 1 rings (SSSR count). The van der Waals surface area contributed by atoms with Gasteiger partial charge in [0.25, 0.3) is 0 Å². The summed E-state index contributed by atoms with van der Waals surface area (Å²) >= 11 is 0. The molecule has 0 aromatic rings. The molecular weight excluding hydrogens is 198 g/mol. The highest BCUT2D eigenvalue weighted by Gasteiger charge is 2.14. The number of nitrogens with zero attached hydrogens (tertiary/aromatic N) is 2. The van der Waals surface area contributed by atoms with Gasteiger partial charge in [0.15, 0.2) is 5.96 Å². The van der Waals surface area contributed by atoms with Crippen molar-refractivity contribution in [2.24, 2.45) is 10.7 Å². The Morgan fingerprint density at radius 2 is 1.94 bits per heavy atom. The van der Waals surface area contributed by atoms with E-state index in [-0.39, 0.29) is 0 Å².